The zero-order chi connectivity index (χ0) is 31.9. The van der Waals surface area contributed by atoms with Crippen LogP contribution in [0.1, 0.15) is 105 Å². The number of aliphatic carboxylic acids is 1. The molecule has 0 spiro atoms. The Balaban J connectivity index is 1.28. The van der Waals surface area contributed by atoms with E-state index in [1.807, 2.05) is 30.3 Å². The van der Waals surface area contributed by atoms with E-state index in [1.54, 1.807) is 6.08 Å². The van der Waals surface area contributed by atoms with Crippen LogP contribution in [0, 0.1) is 56.7 Å². The average Bonchev–Trinajstić information content (AvgIpc) is 3.36. The minimum absolute atomic E-state index is 0.0339. The van der Waals surface area contributed by atoms with E-state index in [9.17, 15) is 19.8 Å². The monoisotopic (exact) mass is 602 g/mol. The highest BCUT2D eigenvalue weighted by molar-refractivity contribution is 5.87. The van der Waals surface area contributed by atoms with Crippen molar-refractivity contribution in [3.8, 4) is 0 Å². The van der Waals surface area contributed by atoms with Crippen LogP contribution < -0.4 is 0 Å². The summed E-state index contributed by atoms with van der Waals surface area (Å²) in [7, 11) is 0. The number of hydrogen-bond acceptors (Lipinski definition) is 4. The number of ether oxygens (including phenoxy) is 1. The number of carboxylic acids is 1. The van der Waals surface area contributed by atoms with E-state index in [0.717, 1.165) is 62.5 Å². The first kappa shape index (κ1) is 31.6. The second kappa shape index (κ2) is 10.6. The van der Waals surface area contributed by atoms with E-state index < -0.39 is 29.6 Å². The van der Waals surface area contributed by atoms with Crippen molar-refractivity contribution < 1.29 is 24.5 Å². The van der Waals surface area contributed by atoms with Crippen molar-refractivity contribution in [1.29, 1.82) is 0 Å². The van der Waals surface area contributed by atoms with E-state index in [0.29, 0.717) is 24.2 Å². The van der Waals surface area contributed by atoms with Crippen LogP contribution in [0.3, 0.4) is 0 Å². The summed E-state index contributed by atoms with van der Waals surface area (Å²) in [6.45, 7) is 18.3. The van der Waals surface area contributed by atoms with E-state index in [2.05, 4.69) is 48.1 Å². The number of benzene rings is 1. The number of fused-ring (bicyclic) bond motifs is 7. The standard InChI is InChI=1S/C39H54O5/c1-24(2)26-17-20-39(34(42)43)22-21-37(6)27(32(26)39)14-15-30-36(5)23-28(40)33(35(3,4)29(36)18-19-38(30,37)7)44-31(41)16-13-25-11-9-8-10-12-25/h8-13,16,26-30,32-33,40H,1,14-15,17-23H2,2-7H3,(H,42,43)/b16-13+/t26-,27+,28+,29-,30+,32+,33-,36-,37+,38+,39-/m0/s1. The Bertz CT molecular complexity index is 1350. The molecule has 44 heavy (non-hydrogen) atoms. The average molecular weight is 603 g/mol. The molecule has 5 aliphatic carbocycles. The van der Waals surface area contributed by atoms with Gasteiger partial charge in [-0.2, -0.15) is 0 Å². The van der Waals surface area contributed by atoms with Crippen molar-refractivity contribution >= 4 is 18.0 Å². The number of rotatable bonds is 5. The van der Waals surface area contributed by atoms with Gasteiger partial charge in [-0.3, -0.25) is 4.79 Å². The normalized spacial score (nSPS) is 45.8. The number of allylic oxidation sites excluding steroid dienone is 1. The molecule has 11 atom stereocenters. The predicted molar refractivity (Wildman–Crippen MR) is 173 cm³/mol. The van der Waals surface area contributed by atoms with Gasteiger partial charge in [0.15, 0.2) is 0 Å². The molecule has 0 radical (unpaired) electrons. The number of carbonyl (C=O) groups is 2. The van der Waals surface area contributed by atoms with E-state index >= 15 is 0 Å². The number of aliphatic hydroxyl groups excluding tert-OH is 1. The molecular weight excluding hydrogens is 548 g/mol. The lowest BCUT2D eigenvalue weighted by Crippen LogP contribution is -2.69. The third kappa shape index (κ3) is 4.34. The first-order chi connectivity index (χ1) is 20.6. The van der Waals surface area contributed by atoms with Crippen molar-refractivity contribution in [2.45, 2.75) is 112 Å². The Hall–Kier alpha value is -2.40. The fourth-order valence-corrected chi connectivity index (χ4v) is 12.8. The second-order valence-electron chi connectivity index (χ2n) is 16.8. The first-order valence-electron chi connectivity index (χ1n) is 17.1. The largest absolute Gasteiger partial charge is 0.481 e. The number of carboxylic acid groups (broad SMARTS) is 1. The van der Waals surface area contributed by atoms with Gasteiger partial charge in [-0.05, 0) is 122 Å². The zero-order valence-corrected chi connectivity index (χ0v) is 27.8. The van der Waals surface area contributed by atoms with Gasteiger partial charge in [0.1, 0.15) is 6.10 Å². The van der Waals surface area contributed by atoms with Gasteiger partial charge in [-0.15, -0.1) is 0 Å². The third-order valence-corrected chi connectivity index (χ3v) is 14.8. The molecule has 0 heterocycles. The molecule has 0 aromatic heterocycles. The summed E-state index contributed by atoms with van der Waals surface area (Å²) in [4.78, 5) is 25.9. The molecule has 240 valence electrons. The summed E-state index contributed by atoms with van der Waals surface area (Å²) in [5.41, 5.74) is 1.07. The molecule has 5 nitrogen and oxygen atoms in total. The lowest BCUT2D eigenvalue weighted by molar-refractivity contribution is -0.265. The molecule has 5 saturated carbocycles. The van der Waals surface area contributed by atoms with Crippen molar-refractivity contribution in [2.75, 3.05) is 0 Å². The van der Waals surface area contributed by atoms with Crippen molar-refractivity contribution in [1.82, 2.24) is 0 Å². The Morgan fingerprint density at radius 3 is 2.27 bits per heavy atom. The molecule has 0 aliphatic heterocycles. The lowest BCUT2D eigenvalue weighted by Gasteiger charge is -2.73. The SMILES string of the molecule is C=C(C)[C@@H]1CC[C@]2(C(=O)O)CC[C@]3(C)[C@H](CC[C@@H]4[C@@]5(C)C[C@@H](O)[C@H](OC(=O)/C=C/c6ccccc6)C(C)(C)[C@@H]5CC[C@]43C)[C@@H]12. The highest BCUT2D eigenvalue weighted by Crippen LogP contribution is 2.77. The molecule has 5 aliphatic rings. The molecule has 5 heteroatoms. The maximum absolute atomic E-state index is 13.0. The Morgan fingerprint density at radius 2 is 1.61 bits per heavy atom. The highest BCUT2D eigenvalue weighted by atomic mass is 16.6. The topological polar surface area (TPSA) is 83.8 Å². The summed E-state index contributed by atoms with van der Waals surface area (Å²) in [5.74, 6) is 0.530. The second-order valence-corrected chi connectivity index (χ2v) is 16.8. The van der Waals surface area contributed by atoms with Crippen LogP contribution in [0.5, 0.6) is 0 Å². The van der Waals surface area contributed by atoms with Crippen LogP contribution in [0.2, 0.25) is 0 Å². The Kier molecular flexibility index (Phi) is 7.59. The van der Waals surface area contributed by atoms with E-state index in [4.69, 9.17) is 4.74 Å². The van der Waals surface area contributed by atoms with Gasteiger partial charge < -0.3 is 14.9 Å². The van der Waals surface area contributed by atoms with Gasteiger partial charge in [0.2, 0.25) is 0 Å². The summed E-state index contributed by atoms with van der Waals surface area (Å²) < 4.78 is 6.08. The fraction of sp³-hybridized carbons (Fsp3) is 0.692. The van der Waals surface area contributed by atoms with Crippen molar-refractivity contribution in [3.63, 3.8) is 0 Å². The van der Waals surface area contributed by atoms with Gasteiger partial charge >= 0.3 is 11.9 Å². The molecule has 1 aromatic carbocycles. The van der Waals surface area contributed by atoms with Gasteiger partial charge in [0.25, 0.3) is 0 Å². The molecule has 1 aromatic rings. The molecule has 2 N–H and O–H groups in total. The number of aliphatic hydroxyl groups is 1. The molecule has 5 fully saturated rings. The molecular formula is C39H54O5. The zero-order valence-electron chi connectivity index (χ0n) is 27.8. The number of esters is 1. The summed E-state index contributed by atoms with van der Waals surface area (Å²) in [6, 6.07) is 9.71. The molecule has 0 amide bonds. The minimum Gasteiger partial charge on any atom is -0.481 e. The molecule has 0 bridgehead atoms. The number of carbonyl (C=O) groups excluding carboxylic acids is 1. The smallest absolute Gasteiger partial charge is 0.331 e. The summed E-state index contributed by atoms with van der Waals surface area (Å²) >= 11 is 0. The molecule has 6 rings (SSSR count). The van der Waals surface area contributed by atoms with Crippen LogP contribution >= 0.6 is 0 Å². The maximum Gasteiger partial charge on any atom is 0.331 e. The minimum atomic E-state index is -0.734. The van der Waals surface area contributed by atoms with Crippen LogP contribution in [0.4, 0.5) is 0 Å². The van der Waals surface area contributed by atoms with Gasteiger partial charge in [-0.25, -0.2) is 4.79 Å². The van der Waals surface area contributed by atoms with E-state index in [1.165, 1.54) is 6.08 Å². The highest BCUT2D eigenvalue weighted by Gasteiger charge is 2.72. The van der Waals surface area contributed by atoms with Crippen LogP contribution in [-0.2, 0) is 14.3 Å². The first-order valence-corrected chi connectivity index (χ1v) is 17.1. The van der Waals surface area contributed by atoms with Crippen molar-refractivity contribution in [2.24, 2.45) is 56.7 Å². The fourth-order valence-electron chi connectivity index (χ4n) is 12.8. The number of hydrogen-bond donors (Lipinski definition) is 2. The third-order valence-electron chi connectivity index (χ3n) is 14.8. The Morgan fingerprint density at radius 1 is 0.909 bits per heavy atom. The van der Waals surface area contributed by atoms with Crippen LogP contribution in [-0.4, -0.2) is 34.4 Å². The van der Waals surface area contributed by atoms with Crippen LogP contribution in [0.25, 0.3) is 6.08 Å². The predicted octanol–water partition coefficient (Wildman–Crippen LogP) is 8.32. The summed E-state index contributed by atoms with van der Waals surface area (Å²) in [5, 5.41) is 22.4. The van der Waals surface area contributed by atoms with Gasteiger partial charge in [0, 0.05) is 11.5 Å². The molecule has 0 saturated heterocycles. The van der Waals surface area contributed by atoms with Crippen LogP contribution in [0.15, 0.2) is 48.6 Å². The maximum atomic E-state index is 13.0. The van der Waals surface area contributed by atoms with Gasteiger partial charge in [0.05, 0.1) is 11.5 Å². The molecule has 0 unspecified atom stereocenters. The quantitative estimate of drug-likeness (QED) is 0.201. The lowest BCUT2D eigenvalue weighted by atomic mass is 9.32. The Labute approximate surface area is 264 Å². The van der Waals surface area contributed by atoms with E-state index in [-0.39, 0.29) is 33.5 Å². The van der Waals surface area contributed by atoms with Gasteiger partial charge in [-0.1, -0.05) is 77.1 Å². The summed E-state index contributed by atoms with van der Waals surface area (Å²) in [6.07, 6.45) is 10.2. The van der Waals surface area contributed by atoms with Crippen molar-refractivity contribution in [3.05, 3.63) is 54.1 Å².